The molecule has 0 saturated carbocycles. The van der Waals surface area contributed by atoms with E-state index < -0.39 is 0 Å². The molecular formula is C25H23N3O2S. The van der Waals surface area contributed by atoms with Gasteiger partial charge in [0.15, 0.2) is 6.73 Å². The van der Waals surface area contributed by atoms with Crippen LogP contribution in [0.3, 0.4) is 0 Å². The summed E-state index contributed by atoms with van der Waals surface area (Å²) in [4.78, 5) is 19.3. The molecule has 2 heterocycles. The zero-order chi connectivity index (χ0) is 21.4. The Morgan fingerprint density at radius 1 is 1.13 bits per heavy atom. The molecule has 0 radical (unpaired) electrons. The van der Waals surface area contributed by atoms with Crippen molar-refractivity contribution in [2.75, 3.05) is 11.6 Å². The molecule has 3 aromatic carbocycles. The van der Waals surface area contributed by atoms with E-state index in [9.17, 15) is 4.79 Å². The Hall–Kier alpha value is -3.38. The second kappa shape index (κ2) is 8.04. The molecule has 1 amide bonds. The van der Waals surface area contributed by atoms with E-state index in [0.29, 0.717) is 12.3 Å². The summed E-state index contributed by atoms with van der Waals surface area (Å²) >= 11 is 1.59. The summed E-state index contributed by atoms with van der Waals surface area (Å²) < 4.78 is 6.02. The topological polar surface area (TPSA) is 54.5 Å². The number of amides is 1. The maximum atomic E-state index is 12.7. The van der Waals surface area contributed by atoms with Crippen LogP contribution in [0.15, 0.2) is 66.0 Å². The molecule has 4 aromatic rings. The Kier molecular flexibility index (Phi) is 5.08. The molecule has 0 fully saturated rings. The van der Waals surface area contributed by atoms with Crippen molar-refractivity contribution in [3.8, 4) is 5.75 Å². The molecule has 0 spiro atoms. The van der Waals surface area contributed by atoms with Crippen LogP contribution in [-0.2, 0) is 6.54 Å². The standard InChI is InChI=1S/C25H23N3O2S/c1-16(23-14-31-17(2)27-23)26-25(29)19-7-10-20(11-8-19)28-13-22-21-6-4-3-5-18(21)9-12-24(22)30-15-28/h3-12,14,16H,13,15H2,1-2H3,(H,26,29). The van der Waals surface area contributed by atoms with Gasteiger partial charge in [0.05, 0.1) is 23.3 Å². The van der Waals surface area contributed by atoms with Gasteiger partial charge in [-0.15, -0.1) is 11.3 Å². The number of rotatable bonds is 4. The fourth-order valence-electron chi connectivity index (χ4n) is 3.92. The van der Waals surface area contributed by atoms with E-state index in [-0.39, 0.29) is 11.9 Å². The van der Waals surface area contributed by atoms with Crippen LogP contribution in [0.25, 0.3) is 10.8 Å². The van der Waals surface area contributed by atoms with Crippen molar-refractivity contribution in [2.24, 2.45) is 0 Å². The number of benzene rings is 3. The predicted octanol–water partition coefficient (Wildman–Crippen LogP) is 5.45. The third kappa shape index (κ3) is 3.86. The van der Waals surface area contributed by atoms with Crippen LogP contribution in [-0.4, -0.2) is 17.6 Å². The van der Waals surface area contributed by atoms with Gasteiger partial charge < -0.3 is 15.0 Å². The zero-order valence-electron chi connectivity index (χ0n) is 17.5. The summed E-state index contributed by atoms with van der Waals surface area (Å²) in [7, 11) is 0. The predicted molar refractivity (Wildman–Crippen MR) is 125 cm³/mol. The van der Waals surface area contributed by atoms with E-state index in [4.69, 9.17) is 4.74 Å². The number of nitrogens with zero attached hydrogens (tertiary/aromatic N) is 2. The van der Waals surface area contributed by atoms with Crippen molar-refractivity contribution in [3.05, 3.63) is 87.9 Å². The number of anilines is 1. The lowest BCUT2D eigenvalue weighted by Crippen LogP contribution is -2.32. The average molecular weight is 430 g/mol. The highest BCUT2D eigenvalue weighted by Crippen LogP contribution is 2.34. The van der Waals surface area contributed by atoms with Crippen molar-refractivity contribution in [3.63, 3.8) is 0 Å². The lowest BCUT2D eigenvalue weighted by Gasteiger charge is -2.31. The second-order valence-corrected chi connectivity index (χ2v) is 8.83. The molecule has 6 heteroatoms. The number of fused-ring (bicyclic) bond motifs is 3. The van der Waals surface area contributed by atoms with Crippen LogP contribution in [0.1, 0.15) is 39.6 Å². The van der Waals surface area contributed by atoms with Gasteiger partial charge in [-0.05, 0) is 55.0 Å². The van der Waals surface area contributed by atoms with Crippen LogP contribution in [0.2, 0.25) is 0 Å². The van der Waals surface area contributed by atoms with Crippen LogP contribution in [0.5, 0.6) is 5.75 Å². The van der Waals surface area contributed by atoms with E-state index in [2.05, 4.69) is 45.5 Å². The van der Waals surface area contributed by atoms with Crippen molar-refractivity contribution in [1.82, 2.24) is 10.3 Å². The number of aromatic nitrogens is 1. The number of thiazole rings is 1. The summed E-state index contributed by atoms with van der Waals surface area (Å²) in [6, 6.07) is 20.1. The third-order valence-electron chi connectivity index (χ3n) is 5.65. The van der Waals surface area contributed by atoms with E-state index >= 15 is 0 Å². The highest BCUT2D eigenvalue weighted by atomic mass is 32.1. The molecular weight excluding hydrogens is 406 g/mol. The summed E-state index contributed by atoms with van der Waals surface area (Å²) in [5, 5.41) is 8.44. The quantitative estimate of drug-likeness (QED) is 0.469. The van der Waals surface area contributed by atoms with Gasteiger partial charge in [0.25, 0.3) is 5.91 Å². The first-order chi connectivity index (χ1) is 15.1. The first-order valence-electron chi connectivity index (χ1n) is 10.3. The van der Waals surface area contributed by atoms with Gasteiger partial charge in [-0.25, -0.2) is 4.98 Å². The Bertz CT molecular complexity index is 1250. The minimum atomic E-state index is -0.127. The minimum Gasteiger partial charge on any atom is -0.473 e. The molecule has 0 aliphatic carbocycles. The molecule has 5 nitrogen and oxygen atoms in total. The molecule has 1 aliphatic rings. The lowest BCUT2D eigenvalue weighted by molar-refractivity contribution is 0.0939. The van der Waals surface area contributed by atoms with Gasteiger partial charge in [0.2, 0.25) is 0 Å². The average Bonchev–Trinajstić information content (AvgIpc) is 3.25. The molecule has 5 rings (SSSR count). The van der Waals surface area contributed by atoms with Gasteiger partial charge in [0, 0.05) is 22.2 Å². The second-order valence-electron chi connectivity index (χ2n) is 7.77. The van der Waals surface area contributed by atoms with Crippen molar-refractivity contribution in [1.29, 1.82) is 0 Å². The highest BCUT2D eigenvalue weighted by molar-refractivity contribution is 7.09. The lowest BCUT2D eigenvalue weighted by atomic mass is 10.0. The largest absolute Gasteiger partial charge is 0.473 e. The van der Waals surface area contributed by atoms with Gasteiger partial charge >= 0.3 is 0 Å². The summed E-state index contributed by atoms with van der Waals surface area (Å²) in [5.74, 6) is 0.841. The SMILES string of the molecule is Cc1nc(C(C)NC(=O)c2ccc(N3COc4ccc5ccccc5c4C3)cc2)cs1. The maximum absolute atomic E-state index is 12.7. The zero-order valence-corrected chi connectivity index (χ0v) is 18.3. The van der Waals surface area contributed by atoms with Gasteiger partial charge in [-0.2, -0.15) is 0 Å². The summed E-state index contributed by atoms with van der Waals surface area (Å²) in [6.45, 7) is 5.17. The van der Waals surface area contributed by atoms with Crippen molar-refractivity contribution in [2.45, 2.75) is 26.4 Å². The van der Waals surface area contributed by atoms with Gasteiger partial charge in [-0.3, -0.25) is 4.79 Å². The number of ether oxygens (including phenoxy) is 1. The number of hydrogen-bond donors (Lipinski definition) is 1. The van der Waals surface area contributed by atoms with Crippen molar-refractivity contribution < 1.29 is 9.53 Å². The van der Waals surface area contributed by atoms with Gasteiger partial charge in [-0.1, -0.05) is 30.3 Å². The van der Waals surface area contributed by atoms with E-state index in [1.54, 1.807) is 11.3 Å². The van der Waals surface area contributed by atoms with Crippen LogP contribution >= 0.6 is 11.3 Å². The molecule has 1 unspecified atom stereocenters. The molecule has 1 aliphatic heterocycles. The first kappa shape index (κ1) is 19.6. The van der Waals surface area contributed by atoms with Gasteiger partial charge in [0.1, 0.15) is 5.75 Å². The Morgan fingerprint density at radius 2 is 1.94 bits per heavy atom. The smallest absolute Gasteiger partial charge is 0.251 e. The van der Waals surface area contributed by atoms with Crippen molar-refractivity contribution >= 4 is 33.7 Å². The number of hydrogen-bond acceptors (Lipinski definition) is 5. The maximum Gasteiger partial charge on any atom is 0.251 e. The van der Waals surface area contributed by atoms with E-state index in [1.165, 1.54) is 16.3 Å². The monoisotopic (exact) mass is 429 g/mol. The van der Waals surface area contributed by atoms with Crippen LogP contribution < -0.4 is 15.0 Å². The number of carbonyl (C=O) groups is 1. The summed E-state index contributed by atoms with van der Waals surface area (Å²) in [6.07, 6.45) is 0. The summed E-state index contributed by atoms with van der Waals surface area (Å²) in [5.41, 5.74) is 3.74. The molecule has 1 atom stereocenters. The Morgan fingerprint density at radius 3 is 2.71 bits per heavy atom. The number of carbonyl (C=O) groups excluding carboxylic acids is 1. The number of aryl methyl sites for hydroxylation is 1. The fraction of sp³-hybridized carbons (Fsp3) is 0.200. The molecule has 31 heavy (non-hydrogen) atoms. The molecule has 0 saturated heterocycles. The molecule has 1 N–H and O–H groups in total. The normalized spacial score (nSPS) is 14.1. The van der Waals surface area contributed by atoms with E-state index in [0.717, 1.165) is 28.7 Å². The molecule has 1 aromatic heterocycles. The Labute approximate surface area is 185 Å². The van der Waals surface area contributed by atoms with Crippen LogP contribution in [0, 0.1) is 6.92 Å². The number of nitrogens with one attached hydrogen (secondary N) is 1. The first-order valence-corrected chi connectivity index (χ1v) is 11.2. The fourth-order valence-corrected chi connectivity index (χ4v) is 4.63. The third-order valence-corrected chi connectivity index (χ3v) is 6.44. The Balaban J connectivity index is 1.31. The molecule has 156 valence electrons. The molecule has 0 bridgehead atoms. The highest BCUT2D eigenvalue weighted by Gasteiger charge is 2.20. The minimum absolute atomic E-state index is 0.101. The van der Waals surface area contributed by atoms with Crippen LogP contribution in [0.4, 0.5) is 5.69 Å². The van der Waals surface area contributed by atoms with E-state index in [1.807, 2.05) is 49.6 Å².